The van der Waals surface area contributed by atoms with E-state index in [4.69, 9.17) is 14.5 Å². The van der Waals surface area contributed by atoms with Crippen LogP contribution in [-0.4, -0.2) is 49.4 Å². The number of nitrogens with one attached hydrogen (secondary N) is 1. The van der Waals surface area contributed by atoms with Crippen LogP contribution in [0.5, 0.6) is 0 Å². The second-order valence-corrected chi connectivity index (χ2v) is 5.90. The first kappa shape index (κ1) is 16.0. The van der Waals surface area contributed by atoms with Gasteiger partial charge in [0.05, 0.1) is 0 Å². The molecule has 1 unspecified atom stereocenters. The van der Waals surface area contributed by atoms with Crippen LogP contribution in [-0.2, 0) is 14.0 Å². The minimum atomic E-state index is -4.54. The van der Waals surface area contributed by atoms with Gasteiger partial charge in [-0.3, -0.25) is 18.9 Å². The smallest absolute Gasteiger partial charge is 0.351 e. The van der Waals surface area contributed by atoms with Crippen molar-refractivity contribution >= 4 is 7.60 Å². The van der Waals surface area contributed by atoms with Crippen molar-refractivity contribution in [1.29, 1.82) is 0 Å². The molecule has 12 heteroatoms. The molecule has 2 rings (SSSR count). The third-order valence-electron chi connectivity index (χ3n) is 2.68. The maximum absolute atomic E-state index is 13.8. The molecule has 1 aliphatic heterocycles. The van der Waals surface area contributed by atoms with Crippen molar-refractivity contribution in [1.82, 2.24) is 9.55 Å². The van der Waals surface area contributed by atoms with Crippen molar-refractivity contribution < 1.29 is 33.3 Å². The number of alkyl halides is 1. The maximum atomic E-state index is 13.8. The highest BCUT2D eigenvalue weighted by Gasteiger charge is 2.46. The predicted octanol–water partition coefficient (Wildman–Crippen LogP) is -1.76. The fourth-order valence-corrected chi connectivity index (χ4v) is 2.11. The van der Waals surface area contributed by atoms with E-state index < -0.39 is 50.0 Å². The molecule has 1 aliphatic rings. The molecule has 2 heterocycles. The Bertz CT molecular complexity index is 668. The van der Waals surface area contributed by atoms with Crippen LogP contribution in [0.1, 0.15) is 6.23 Å². The number of aliphatic hydroxyl groups excluding tert-OH is 1. The minimum absolute atomic E-state index is 0.685. The average Bonchev–Trinajstić information content (AvgIpc) is 2.64. The zero-order chi connectivity index (χ0) is 15.8. The van der Waals surface area contributed by atoms with Gasteiger partial charge in [0, 0.05) is 12.3 Å². The molecule has 21 heavy (non-hydrogen) atoms. The molecule has 0 bridgehead atoms. The molecule has 0 radical (unpaired) electrons. The molecule has 1 fully saturated rings. The van der Waals surface area contributed by atoms with Gasteiger partial charge in [0.2, 0.25) is 0 Å². The molecule has 1 aromatic heterocycles. The van der Waals surface area contributed by atoms with Gasteiger partial charge >= 0.3 is 13.3 Å². The van der Waals surface area contributed by atoms with Gasteiger partial charge in [0.15, 0.2) is 25.0 Å². The van der Waals surface area contributed by atoms with E-state index in [-0.39, 0.29) is 0 Å². The molecule has 0 amide bonds. The van der Waals surface area contributed by atoms with Crippen LogP contribution in [0.25, 0.3) is 0 Å². The third-order valence-corrected chi connectivity index (χ3v) is 3.17. The van der Waals surface area contributed by atoms with E-state index in [9.17, 15) is 23.7 Å². The van der Waals surface area contributed by atoms with E-state index >= 15 is 0 Å². The fraction of sp³-hybridized carbons (Fsp3) is 0.556. The highest BCUT2D eigenvalue weighted by atomic mass is 31.2. The number of hydrogen-bond acceptors (Lipinski definition) is 6. The summed E-state index contributed by atoms with van der Waals surface area (Å²) in [5.41, 5.74) is -1.62. The molecular formula is C9H12FN2O8P. The van der Waals surface area contributed by atoms with Crippen LogP contribution in [0.3, 0.4) is 0 Å². The van der Waals surface area contributed by atoms with Gasteiger partial charge in [-0.15, -0.1) is 0 Å². The summed E-state index contributed by atoms with van der Waals surface area (Å²) in [5.74, 6) is 0. The van der Waals surface area contributed by atoms with Gasteiger partial charge in [0.1, 0.15) is 6.10 Å². The normalized spacial score (nSPS) is 29.7. The number of hydrogen-bond donors (Lipinski definition) is 4. The Morgan fingerprint density at radius 3 is 2.71 bits per heavy atom. The number of nitrogens with zero attached hydrogens (tertiary/aromatic N) is 1. The van der Waals surface area contributed by atoms with Crippen LogP contribution >= 0.6 is 7.60 Å². The largest absolute Gasteiger partial charge is 0.385 e. The number of H-pyrrole nitrogens is 1. The molecular weight excluding hydrogens is 314 g/mol. The van der Waals surface area contributed by atoms with Gasteiger partial charge in [-0.25, -0.2) is 9.18 Å². The van der Waals surface area contributed by atoms with Crippen molar-refractivity contribution in [3.63, 3.8) is 0 Å². The summed E-state index contributed by atoms with van der Waals surface area (Å²) in [6.07, 6.45) is -7.29. The molecule has 4 N–H and O–H groups in total. The lowest BCUT2D eigenvalue weighted by Gasteiger charge is -2.16. The summed E-state index contributed by atoms with van der Waals surface area (Å²) >= 11 is 0. The summed E-state index contributed by atoms with van der Waals surface area (Å²) < 4.78 is 34.6. The second-order valence-electron chi connectivity index (χ2n) is 4.31. The van der Waals surface area contributed by atoms with E-state index in [1.54, 1.807) is 0 Å². The summed E-state index contributed by atoms with van der Waals surface area (Å²) in [6.45, 7) is 0. The third kappa shape index (κ3) is 3.64. The van der Waals surface area contributed by atoms with Crippen LogP contribution in [0.15, 0.2) is 21.9 Å². The Labute approximate surface area is 115 Å². The zero-order valence-electron chi connectivity index (χ0n) is 10.3. The molecule has 0 spiro atoms. The van der Waals surface area contributed by atoms with Crippen LogP contribution < -0.4 is 11.2 Å². The summed E-state index contributed by atoms with van der Waals surface area (Å²) in [6, 6.07) is 0.967. The Morgan fingerprint density at radius 2 is 2.14 bits per heavy atom. The highest BCUT2D eigenvalue weighted by Crippen LogP contribution is 2.37. The highest BCUT2D eigenvalue weighted by molar-refractivity contribution is 7.51. The monoisotopic (exact) mass is 326 g/mol. The van der Waals surface area contributed by atoms with E-state index in [2.05, 4.69) is 4.74 Å². The van der Waals surface area contributed by atoms with Gasteiger partial charge < -0.3 is 24.4 Å². The first-order valence-electron chi connectivity index (χ1n) is 5.64. The van der Waals surface area contributed by atoms with Gasteiger partial charge in [-0.2, -0.15) is 0 Å². The standard InChI is InChI=1S/C9H12FN2O8P/c10-5-6(14)7(12-2-1-4(13)11-9(12)15)20-8(5)19-3-21(16,17)18/h1-2,5-8,14H,3H2,(H,11,13,15)(H2,16,17,18)/t5?,6-,7+,8-/m0/s1. The van der Waals surface area contributed by atoms with Crippen molar-refractivity contribution in [2.24, 2.45) is 0 Å². The molecule has 0 saturated carbocycles. The SMILES string of the molecule is O=c1ccn([C@@H]2O[C@H](OCP(=O)(O)O)C(F)[C@@H]2O)c(=O)[nH]1. The molecule has 1 aromatic rings. The number of halogens is 1. The van der Waals surface area contributed by atoms with Crippen molar-refractivity contribution in [3.8, 4) is 0 Å². The Kier molecular flexibility index (Phi) is 4.42. The zero-order valence-corrected chi connectivity index (χ0v) is 11.2. The molecule has 0 aromatic carbocycles. The lowest BCUT2D eigenvalue weighted by Crippen LogP contribution is -2.36. The Balaban J connectivity index is 2.18. The number of aromatic amines is 1. The Hall–Kier alpha value is -1.36. The van der Waals surface area contributed by atoms with Gasteiger partial charge in [0.25, 0.3) is 5.56 Å². The van der Waals surface area contributed by atoms with Crippen LogP contribution in [0, 0.1) is 0 Å². The van der Waals surface area contributed by atoms with Crippen LogP contribution in [0.4, 0.5) is 4.39 Å². The minimum Gasteiger partial charge on any atom is -0.385 e. The quantitative estimate of drug-likeness (QED) is 0.475. The molecule has 1 saturated heterocycles. The number of rotatable bonds is 4. The summed E-state index contributed by atoms with van der Waals surface area (Å²) in [7, 11) is -4.54. The number of aliphatic hydroxyl groups is 1. The van der Waals surface area contributed by atoms with E-state index in [0.717, 1.165) is 16.8 Å². The average molecular weight is 326 g/mol. The topological polar surface area (TPSA) is 151 Å². The van der Waals surface area contributed by atoms with Crippen molar-refractivity contribution in [3.05, 3.63) is 33.1 Å². The number of aromatic nitrogens is 2. The second kappa shape index (κ2) is 5.79. The molecule has 10 nitrogen and oxygen atoms in total. The molecule has 0 aliphatic carbocycles. The van der Waals surface area contributed by atoms with E-state index in [0.29, 0.717) is 0 Å². The number of ether oxygens (including phenoxy) is 2. The molecule has 118 valence electrons. The Morgan fingerprint density at radius 1 is 1.48 bits per heavy atom. The van der Waals surface area contributed by atoms with Crippen molar-refractivity contribution in [2.45, 2.75) is 24.8 Å². The van der Waals surface area contributed by atoms with Gasteiger partial charge in [-0.05, 0) is 0 Å². The van der Waals surface area contributed by atoms with Crippen molar-refractivity contribution in [2.75, 3.05) is 6.35 Å². The van der Waals surface area contributed by atoms with Crippen LogP contribution in [0.2, 0.25) is 0 Å². The first-order valence-corrected chi connectivity index (χ1v) is 7.44. The van der Waals surface area contributed by atoms with E-state index in [1.807, 2.05) is 4.98 Å². The fourth-order valence-electron chi connectivity index (χ4n) is 1.77. The maximum Gasteiger partial charge on any atom is 0.351 e. The first-order chi connectivity index (χ1) is 9.69. The lowest BCUT2D eigenvalue weighted by atomic mass is 10.2. The van der Waals surface area contributed by atoms with E-state index in [1.165, 1.54) is 0 Å². The molecule has 4 atom stereocenters. The summed E-state index contributed by atoms with van der Waals surface area (Å²) in [5, 5.41) is 9.68. The predicted molar refractivity (Wildman–Crippen MR) is 64.1 cm³/mol. The lowest BCUT2D eigenvalue weighted by molar-refractivity contribution is -0.159. The summed E-state index contributed by atoms with van der Waals surface area (Å²) in [4.78, 5) is 41.6. The van der Waals surface area contributed by atoms with Gasteiger partial charge in [-0.1, -0.05) is 0 Å².